The van der Waals surface area contributed by atoms with Gasteiger partial charge in [0.05, 0.1) is 0 Å². The third kappa shape index (κ3) is 3.49. The average molecular weight is 300 g/mol. The van der Waals surface area contributed by atoms with E-state index in [1.54, 1.807) is 12.1 Å². The van der Waals surface area contributed by atoms with E-state index in [-0.39, 0.29) is 5.82 Å². The molecule has 2 rings (SSSR count). The van der Waals surface area contributed by atoms with Crippen molar-refractivity contribution in [1.29, 1.82) is 0 Å². The molecule has 1 N–H and O–H groups in total. The molecule has 0 amide bonds. The lowest BCUT2D eigenvalue weighted by Crippen LogP contribution is -2.46. The molecule has 1 aromatic rings. The molecule has 0 spiro atoms. The van der Waals surface area contributed by atoms with Crippen molar-refractivity contribution < 1.29 is 14.3 Å². The highest BCUT2D eigenvalue weighted by Gasteiger charge is 2.32. The summed E-state index contributed by atoms with van der Waals surface area (Å²) in [5.41, 5.74) is 0.496. The number of rotatable bonds is 4. The van der Waals surface area contributed by atoms with Crippen molar-refractivity contribution in [3.8, 4) is 0 Å². The third-order valence-corrected chi connectivity index (χ3v) is 4.31. The van der Waals surface area contributed by atoms with E-state index in [9.17, 15) is 14.3 Å². The lowest BCUT2D eigenvalue weighted by atomic mass is 9.88. The lowest BCUT2D eigenvalue weighted by molar-refractivity contribution is -0.145. The van der Waals surface area contributed by atoms with Gasteiger partial charge in [0.25, 0.3) is 0 Å². The zero-order chi connectivity index (χ0) is 14.7. The smallest absolute Gasteiger partial charge is 0.320 e. The minimum atomic E-state index is -0.822. The van der Waals surface area contributed by atoms with Crippen molar-refractivity contribution in [3.05, 3.63) is 34.6 Å². The van der Waals surface area contributed by atoms with Crippen molar-refractivity contribution in [2.24, 2.45) is 5.92 Å². The van der Waals surface area contributed by atoms with E-state index in [1.807, 2.05) is 4.90 Å². The van der Waals surface area contributed by atoms with E-state index in [4.69, 9.17) is 11.6 Å². The fourth-order valence-electron chi connectivity index (χ4n) is 2.77. The van der Waals surface area contributed by atoms with Crippen molar-refractivity contribution in [2.45, 2.75) is 38.8 Å². The maximum atomic E-state index is 13.8. The highest BCUT2D eigenvalue weighted by Crippen LogP contribution is 2.27. The highest BCUT2D eigenvalue weighted by molar-refractivity contribution is 6.30. The first kappa shape index (κ1) is 15.3. The monoisotopic (exact) mass is 299 g/mol. The second kappa shape index (κ2) is 6.55. The van der Waals surface area contributed by atoms with Crippen LogP contribution in [0.15, 0.2) is 18.2 Å². The topological polar surface area (TPSA) is 40.5 Å². The summed E-state index contributed by atoms with van der Waals surface area (Å²) in [5, 5.41) is 9.71. The first-order valence-electron chi connectivity index (χ1n) is 6.92. The molecule has 5 heteroatoms. The second-order valence-electron chi connectivity index (χ2n) is 5.36. The van der Waals surface area contributed by atoms with E-state index in [0.717, 1.165) is 12.8 Å². The second-order valence-corrected chi connectivity index (χ2v) is 5.80. The predicted molar refractivity (Wildman–Crippen MR) is 76.3 cm³/mol. The number of carboxylic acid groups (broad SMARTS) is 1. The van der Waals surface area contributed by atoms with Crippen LogP contribution >= 0.6 is 11.6 Å². The zero-order valence-corrected chi connectivity index (χ0v) is 12.2. The Bertz CT molecular complexity index is 495. The number of hydrogen-bond acceptors (Lipinski definition) is 2. The Morgan fingerprint density at radius 1 is 1.55 bits per heavy atom. The molecule has 1 heterocycles. The minimum Gasteiger partial charge on any atom is -0.480 e. The lowest BCUT2D eigenvalue weighted by Gasteiger charge is -2.37. The summed E-state index contributed by atoms with van der Waals surface area (Å²) < 4.78 is 13.8. The number of likely N-dealkylation sites (tertiary alicyclic amines) is 1. The number of piperidine rings is 1. The molecular weight excluding hydrogens is 281 g/mol. The van der Waals surface area contributed by atoms with Gasteiger partial charge in [-0.05, 0) is 37.4 Å². The Labute approximate surface area is 123 Å². The molecule has 0 bridgehead atoms. The summed E-state index contributed by atoms with van der Waals surface area (Å²) in [6.07, 6.45) is 2.60. The van der Waals surface area contributed by atoms with E-state index in [1.165, 1.54) is 6.07 Å². The summed E-state index contributed by atoms with van der Waals surface area (Å²) in [7, 11) is 0. The summed E-state index contributed by atoms with van der Waals surface area (Å²) >= 11 is 5.73. The summed E-state index contributed by atoms with van der Waals surface area (Å²) in [5.74, 6) is -0.751. The fourth-order valence-corrected chi connectivity index (χ4v) is 2.93. The molecule has 0 saturated carbocycles. The average Bonchev–Trinajstić information content (AvgIpc) is 2.42. The molecule has 3 nitrogen and oxygen atoms in total. The number of carbonyl (C=O) groups is 1. The van der Waals surface area contributed by atoms with Gasteiger partial charge in [0.2, 0.25) is 0 Å². The summed E-state index contributed by atoms with van der Waals surface area (Å²) in [4.78, 5) is 13.2. The third-order valence-electron chi connectivity index (χ3n) is 4.07. The normalized spacial score (nSPS) is 23.8. The van der Waals surface area contributed by atoms with Gasteiger partial charge < -0.3 is 5.11 Å². The standard InChI is InChI=1S/C15H19ClFNO2/c1-2-10-5-6-18(14(7-10)15(19)20)9-11-3-4-12(16)8-13(11)17/h3-4,8,10,14H,2,5-7,9H2,1H3,(H,19,20). The number of benzene rings is 1. The molecular formula is C15H19ClFNO2. The Balaban J connectivity index is 2.12. The van der Waals surface area contributed by atoms with Gasteiger partial charge in [0.15, 0.2) is 0 Å². The van der Waals surface area contributed by atoms with Crippen LogP contribution in [0.5, 0.6) is 0 Å². The van der Waals surface area contributed by atoms with Gasteiger partial charge in [-0.3, -0.25) is 9.69 Å². The van der Waals surface area contributed by atoms with Gasteiger partial charge in [-0.15, -0.1) is 0 Å². The molecule has 1 aromatic carbocycles. The SMILES string of the molecule is CCC1CCN(Cc2ccc(Cl)cc2F)C(C(=O)O)C1. The van der Waals surface area contributed by atoms with Crippen molar-refractivity contribution in [1.82, 2.24) is 4.90 Å². The zero-order valence-electron chi connectivity index (χ0n) is 11.5. The Morgan fingerprint density at radius 3 is 2.90 bits per heavy atom. The molecule has 1 aliphatic heterocycles. The van der Waals surface area contributed by atoms with Crippen LogP contribution in [-0.4, -0.2) is 28.6 Å². The van der Waals surface area contributed by atoms with Crippen molar-refractivity contribution >= 4 is 17.6 Å². The van der Waals surface area contributed by atoms with Crippen LogP contribution in [0.2, 0.25) is 5.02 Å². The van der Waals surface area contributed by atoms with Gasteiger partial charge in [-0.2, -0.15) is 0 Å². The molecule has 1 aliphatic rings. The fraction of sp³-hybridized carbons (Fsp3) is 0.533. The van der Waals surface area contributed by atoms with Crippen LogP contribution in [0.25, 0.3) is 0 Å². The van der Waals surface area contributed by atoms with E-state index in [0.29, 0.717) is 36.0 Å². The first-order valence-corrected chi connectivity index (χ1v) is 7.29. The Morgan fingerprint density at radius 2 is 2.30 bits per heavy atom. The van der Waals surface area contributed by atoms with Gasteiger partial charge in [-0.25, -0.2) is 4.39 Å². The van der Waals surface area contributed by atoms with E-state index < -0.39 is 12.0 Å². The molecule has 0 aromatic heterocycles. The predicted octanol–water partition coefficient (Wildman–Crippen LogP) is 3.55. The van der Waals surface area contributed by atoms with Crippen molar-refractivity contribution in [3.63, 3.8) is 0 Å². The van der Waals surface area contributed by atoms with Gasteiger partial charge in [-0.1, -0.05) is 31.0 Å². The van der Waals surface area contributed by atoms with Crippen LogP contribution in [0, 0.1) is 11.7 Å². The summed E-state index contributed by atoms with van der Waals surface area (Å²) in [6, 6.07) is 4.01. The first-order chi connectivity index (χ1) is 9.51. The van der Waals surface area contributed by atoms with Gasteiger partial charge in [0, 0.05) is 17.1 Å². The number of nitrogens with zero attached hydrogens (tertiary/aromatic N) is 1. The van der Waals surface area contributed by atoms with Crippen LogP contribution in [0.4, 0.5) is 4.39 Å². The number of hydrogen-bond donors (Lipinski definition) is 1. The Hall–Kier alpha value is -1.13. The van der Waals surface area contributed by atoms with Crippen LogP contribution < -0.4 is 0 Å². The summed E-state index contributed by atoms with van der Waals surface area (Å²) in [6.45, 7) is 3.09. The maximum Gasteiger partial charge on any atom is 0.320 e. The number of aliphatic carboxylic acids is 1. The van der Waals surface area contributed by atoms with Gasteiger partial charge in [0.1, 0.15) is 11.9 Å². The van der Waals surface area contributed by atoms with Crippen LogP contribution in [0.3, 0.4) is 0 Å². The number of halogens is 2. The quantitative estimate of drug-likeness (QED) is 0.924. The van der Waals surface area contributed by atoms with E-state index in [2.05, 4.69) is 6.92 Å². The molecule has 110 valence electrons. The molecule has 1 fully saturated rings. The highest BCUT2D eigenvalue weighted by atomic mass is 35.5. The molecule has 0 aliphatic carbocycles. The Kier molecular flexibility index (Phi) is 5.00. The minimum absolute atomic E-state index is 0.316. The number of carboxylic acids is 1. The molecule has 20 heavy (non-hydrogen) atoms. The van der Waals surface area contributed by atoms with Crippen molar-refractivity contribution in [2.75, 3.05) is 6.54 Å². The largest absolute Gasteiger partial charge is 0.480 e. The molecule has 2 unspecified atom stereocenters. The maximum absolute atomic E-state index is 13.8. The van der Waals surface area contributed by atoms with Crippen LogP contribution in [0.1, 0.15) is 31.7 Å². The molecule has 2 atom stereocenters. The van der Waals surface area contributed by atoms with Gasteiger partial charge >= 0.3 is 5.97 Å². The van der Waals surface area contributed by atoms with E-state index >= 15 is 0 Å². The molecule has 0 radical (unpaired) electrons. The molecule has 1 saturated heterocycles. The van der Waals surface area contributed by atoms with Crippen LogP contribution in [-0.2, 0) is 11.3 Å².